The molecule has 2 aromatic rings. The molecule has 7 nitrogen and oxygen atoms in total. The van der Waals surface area contributed by atoms with Crippen molar-refractivity contribution in [1.29, 1.82) is 0 Å². The van der Waals surface area contributed by atoms with Gasteiger partial charge in [0.25, 0.3) is 5.91 Å². The molecule has 1 amide bonds. The molecule has 1 N–H and O–H groups in total. The first-order valence-electron chi connectivity index (χ1n) is 7.25. The third-order valence-electron chi connectivity index (χ3n) is 3.89. The highest BCUT2D eigenvalue weighted by molar-refractivity contribution is 6.33. The van der Waals surface area contributed by atoms with Crippen molar-refractivity contribution in [3.63, 3.8) is 0 Å². The lowest BCUT2D eigenvalue weighted by molar-refractivity contribution is 0.0666. The number of benzene rings is 1. The van der Waals surface area contributed by atoms with Crippen molar-refractivity contribution in [3.05, 3.63) is 46.7 Å². The summed E-state index contributed by atoms with van der Waals surface area (Å²) >= 11 is 6.09. The van der Waals surface area contributed by atoms with Gasteiger partial charge in [0.1, 0.15) is 0 Å². The molecule has 1 atom stereocenters. The summed E-state index contributed by atoms with van der Waals surface area (Å²) in [5.41, 5.74) is 0.374. The van der Waals surface area contributed by atoms with E-state index in [-0.39, 0.29) is 17.6 Å². The van der Waals surface area contributed by atoms with E-state index in [1.165, 1.54) is 10.9 Å². The normalized spacial score (nSPS) is 18.0. The molecule has 0 radical (unpaired) electrons. The van der Waals surface area contributed by atoms with Crippen LogP contribution in [0.5, 0.6) is 0 Å². The van der Waals surface area contributed by atoms with Gasteiger partial charge in [-0.3, -0.25) is 4.79 Å². The van der Waals surface area contributed by atoms with Gasteiger partial charge in [0.2, 0.25) is 0 Å². The third kappa shape index (κ3) is 3.19. The monoisotopic (exact) mass is 334 g/mol. The van der Waals surface area contributed by atoms with Gasteiger partial charge in [-0.05, 0) is 25.0 Å². The molecule has 23 heavy (non-hydrogen) atoms. The zero-order chi connectivity index (χ0) is 16.4. The summed E-state index contributed by atoms with van der Waals surface area (Å²) in [7, 11) is 0. The first kappa shape index (κ1) is 15.5. The summed E-state index contributed by atoms with van der Waals surface area (Å²) in [5.74, 6) is -1.24. The second kappa shape index (κ2) is 6.37. The number of nitrogens with zero attached hydrogens (tertiary/aromatic N) is 4. The van der Waals surface area contributed by atoms with E-state index in [1.54, 1.807) is 29.2 Å². The highest BCUT2D eigenvalue weighted by Gasteiger charge is 2.27. The molecule has 1 aliphatic heterocycles. The number of aromatic nitrogens is 3. The van der Waals surface area contributed by atoms with Gasteiger partial charge in [0.15, 0.2) is 5.69 Å². The Hall–Kier alpha value is -2.41. The molecule has 1 fully saturated rings. The second-order valence-corrected chi connectivity index (χ2v) is 5.82. The number of halogens is 1. The molecule has 1 unspecified atom stereocenters. The molecule has 1 saturated heterocycles. The number of piperidine rings is 1. The van der Waals surface area contributed by atoms with E-state index < -0.39 is 5.97 Å². The van der Waals surface area contributed by atoms with Crippen molar-refractivity contribution in [2.45, 2.75) is 18.9 Å². The summed E-state index contributed by atoms with van der Waals surface area (Å²) in [5, 5.41) is 16.8. The van der Waals surface area contributed by atoms with Gasteiger partial charge in [-0.15, -0.1) is 5.10 Å². The lowest BCUT2D eigenvalue weighted by Gasteiger charge is -2.32. The Labute approximate surface area is 137 Å². The Morgan fingerprint density at radius 1 is 1.30 bits per heavy atom. The number of aromatic carboxylic acids is 1. The maximum atomic E-state index is 12.6. The van der Waals surface area contributed by atoms with Crippen LogP contribution in [0.3, 0.4) is 0 Å². The van der Waals surface area contributed by atoms with E-state index in [9.17, 15) is 9.59 Å². The van der Waals surface area contributed by atoms with Crippen LogP contribution in [0.4, 0.5) is 0 Å². The number of carbonyl (C=O) groups is 2. The van der Waals surface area contributed by atoms with Crippen LogP contribution in [-0.4, -0.2) is 50.0 Å². The molecule has 3 rings (SSSR count). The summed E-state index contributed by atoms with van der Waals surface area (Å²) < 4.78 is 1.52. The zero-order valence-electron chi connectivity index (χ0n) is 12.2. The third-order valence-corrected chi connectivity index (χ3v) is 4.22. The highest BCUT2D eigenvalue weighted by Crippen LogP contribution is 2.24. The predicted octanol–water partition coefficient (Wildman–Crippen LogP) is 2.11. The van der Waals surface area contributed by atoms with Gasteiger partial charge in [0.05, 0.1) is 22.8 Å². The molecule has 1 aromatic heterocycles. The fraction of sp³-hybridized carbons (Fsp3) is 0.333. The molecular formula is C15H15ClN4O3. The van der Waals surface area contributed by atoms with Crippen LogP contribution in [0.25, 0.3) is 0 Å². The molecule has 0 bridgehead atoms. The van der Waals surface area contributed by atoms with Crippen molar-refractivity contribution in [2.75, 3.05) is 13.1 Å². The number of carboxylic acids is 1. The minimum absolute atomic E-state index is 0.0872. The van der Waals surface area contributed by atoms with Crippen LogP contribution in [0.2, 0.25) is 5.02 Å². The standard InChI is InChI=1S/C15H15ClN4O3/c16-12-6-2-1-5-11(12)14(21)19-7-3-4-10(8-19)20-9-13(15(22)23)17-18-20/h1-2,5-6,9-10H,3-4,7-8H2,(H,22,23). The fourth-order valence-corrected chi connectivity index (χ4v) is 2.93. The van der Waals surface area contributed by atoms with Crippen molar-refractivity contribution >= 4 is 23.5 Å². The summed E-state index contributed by atoms with van der Waals surface area (Å²) in [6.07, 6.45) is 3.02. The van der Waals surface area contributed by atoms with E-state index in [0.717, 1.165) is 12.8 Å². The SMILES string of the molecule is O=C(O)c1cn(C2CCCN(C(=O)c3ccccc3Cl)C2)nn1. The summed E-state index contributed by atoms with van der Waals surface area (Å²) in [6.45, 7) is 1.09. The Kier molecular flexibility index (Phi) is 4.29. The predicted molar refractivity (Wildman–Crippen MR) is 82.6 cm³/mol. The van der Waals surface area contributed by atoms with Gasteiger partial charge in [-0.1, -0.05) is 28.9 Å². The van der Waals surface area contributed by atoms with Crippen LogP contribution < -0.4 is 0 Å². The number of carboxylic acid groups (broad SMARTS) is 1. The molecule has 1 aliphatic rings. The lowest BCUT2D eigenvalue weighted by Crippen LogP contribution is -2.41. The Balaban J connectivity index is 1.76. The van der Waals surface area contributed by atoms with Crippen molar-refractivity contribution < 1.29 is 14.7 Å². The summed E-state index contributed by atoms with van der Waals surface area (Å²) in [4.78, 5) is 25.2. The highest BCUT2D eigenvalue weighted by atomic mass is 35.5. The topological polar surface area (TPSA) is 88.3 Å². The van der Waals surface area contributed by atoms with Crippen molar-refractivity contribution in [1.82, 2.24) is 19.9 Å². The van der Waals surface area contributed by atoms with E-state index in [4.69, 9.17) is 16.7 Å². The maximum absolute atomic E-state index is 12.6. The van der Waals surface area contributed by atoms with Crippen LogP contribution in [0.1, 0.15) is 39.7 Å². The van der Waals surface area contributed by atoms with Gasteiger partial charge in [-0.2, -0.15) is 0 Å². The smallest absolute Gasteiger partial charge is 0.358 e. The Morgan fingerprint density at radius 2 is 2.09 bits per heavy atom. The first-order valence-corrected chi connectivity index (χ1v) is 7.63. The molecule has 0 spiro atoms. The fourth-order valence-electron chi connectivity index (χ4n) is 2.71. The maximum Gasteiger partial charge on any atom is 0.358 e. The van der Waals surface area contributed by atoms with Gasteiger partial charge < -0.3 is 10.0 Å². The zero-order valence-corrected chi connectivity index (χ0v) is 13.0. The minimum Gasteiger partial charge on any atom is -0.476 e. The molecule has 1 aromatic carbocycles. The largest absolute Gasteiger partial charge is 0.476 e. The number of carbonyl (C=O) groups excluding carboxylic acids is 1. The number of likely N-dealkylation sites (tertiary alicyclic amines) is 1. The number of rotatable bonds is 3. The van der Waals surface area contributed by atoms with Gasteiger partial charge >= 0.3 is 5.97 Å². The quantitative estimate of drug-likeness (QED) is 0.928. The average molecular weight is 335 g/mol. The van der Waals surface area contributed by atoms with E-state index in [1.807, 2.05) is 0 Å². The Morgan fingerprint density at radius 3 is 2.78 bits per heavy atom. The lowest BCUT2D eigenvalue weighted by atomic mass is 10.0. The van der Waals surface area contributed by atoms with Gasteiger partial charge in [0, 0.05) is 13.1 Å². The van der Waals surface area contributed by atoms with Crippen LogP contribution in [-0.2, 0) is 0 Å². The first-order chi connectivity index (χ1) is 11.1. The summed E-state index contributed by atoms with van der Waals surface area (Å²) in [6, 6.07) is 6.85. The second-order valence-electron chi connectivity index (χ2n) is 5.42. The van der Waals surface area contributed by atoms with Crippen LogP contribution in [0.15, 0.2) is 30.5 Å². The molecule has 0 aliphatic carbocycles. The number of hydrogen-bond donors (Lipinski definition) is 1. The van der Waals surface area contributed by atoms with Crippen LogP contribution >= 0.6 is 11.6 Å². The molecule has 0 saturated carbocycles. The number of amides is 1. The molecule has 120 valence electrons. The van der Waals surface area contributed by atoms with E-state index >= 15 is 0 Å². The Bertz CT molecular complexity index is 746. The number of hydrogen-bond acceptors (Lipinski definition) is 4. The van der Waals surface area contributed by atoms with Crippen molar-refractivity contribution in [3.8, 4) is 0 Å². The van der Waals surface area contributed by atoms with Crippen LogP contribution in [0, 0.1) is 0 Å². The van der Waals surface area contributed by atoms with E-state index in [0.29, 0.717) is 23.7 Å². The van der Waals surface area contributed by atoms with Gasteiger partial charge in [-0.25, -0.2) is 9.48 Å². The molecular weight excluding hydrogens is 320 g/mol. The average Bonchev–Trinajstić information content (AvgIpc) is 3.05. The molecule has 8 heteroatoms. The van der Waals surface area contributed by atoms with E-state index in [2.05, 4.69) is 10.3 Å². The molecule has 2 heterocycles. The minimum atomic E-state index is -1.11. The van der Waals surface area contributed by atoms with Crippen molar-refractivity contribution in [2.24, 2.45) is 0 Å².